The van der Waals surface area contributed by atoms with E-state index < -0.39 is 0 Å². The Labute approximate surface area is 110 Å². The third-order valence-electron chi connectivity index (χ3n) is 4.28. The molecule has 0 heterocycles. The second-order valence-electron chi connectivity index (χ2n) is 5.57. The molecule has 1 aliphatic carbocycles. The van der Waals surface area contributed by atoms with E-state index in [1.807, 2.05) is 12.1 Å². The molecular weight excluding hydrogens is 225 g/mol. The quantitative estimate of drug-likeness (QED) is 0.837. The van der Waals surface area contributed by atoms with Gasteiger partial charge in [-0.15, -0.1) is 0 Å². The first-order valence-corrected chi connectivity index (χ1v) is 7.18. The minimum atomic E-state index is -0.145. The highest BCUT2D eigenvalue weighted by Gasteiger charge is 2.30. The minimum absolute atomic E-state index is 0.145. The second kappa shape index (κ2) is 6.33. The normalized spacial score (nSPS) is 25.3. The Morgan fingerprint density at radius 2 is 2.00 bits per heavy atom. The van der Waals surface area contributed by atoms with Gasteiger partial charge in [0, 0.05) is 6.04 Å². The molecule has 0 radical (unpaired) electrons. The van der Waals surface area contributed by atoms with Crippen LogP contribution >= 0.6 is 0 Å². The summed E-state index contributed by atoms with van der Waals surface area (Å²) in [4.78, 5) is 0. The van der Waals surface area contributed by atoms with E-state index in [4.69, 9.17) is 0 Å². The summed E-state index contributed by atoms with van der Waals surface area (Å²) >= 11 is 0. The fraction of sp³-hybridized carbons (Fsp3) is 0.625. The van der Waals surface area contributed by atoms with Crippen LogP contribution in [0.5, 0.6) is 0 Å². The van der Waals surface area contributed by atoms with Gasteiger partial charge in [0.25, 0.3) is 0 Å². The topological polar surface area (TPSA) is 12.0 Å². The van der Waals surface area contributed by atoms with Gasteiger partial charge in [0.15, 0.2) is 0 Å². The molecule has 0 spiro atoms. The average molecular weight is 249 g/mol. The predicted molar refractivity (Wildman–Crippen MR) is 74.1 cm³/mol. The van der Waals surface area contributed by atoms with Crippen molar-refractivity contribution in [1.29, 1.82) is 0 Å². The van der Waals surface area contributed by atoms with Gasteiger partial charge in [0.1, 0.15) is 5.82 Å². The summed E-state index contributed by atoms with van der Waals surface area (Å²) in [5.74, 6) is 1.44. The van der Waals surface area contributed by atoms with E-state index in [9.17, 15) is 4.39 Å². The van der Waals surface area contributed by atoms with Crippen LogP contribution in [-0.2, 0) is 6.42 Å². The summed E-state index contributed by atoms with van der Waals surface area (Å²) in [6, 6.07) is 7.50. The smallest absolute Gasteiger partial charge is 0.123 e. The molecule has 3 atom stereocenters. The van der Waals surface area contributed by atoms with Gasteiger partial charge in [0.05, 0.1) is 0 Å². The molecule has 1 nitrogen and oxygen atoms in total. The van der Waals surface area contributed by atoms with Crippen molar-refractivity contribution in [3.05, 3.63) is 35.6 Å². The van der Waals surface area contributed by atoms with Crippen molar-refractivity contribution in [2.75, 3.05) is 6.54 Å². The maximum atomic E-state index is 12.9. The van der Waals surface area contributed by atoms with E-state index in [0.29, 0.717) is 6.04 Å². The monoisotopic (exact) mass is 249 g/mol. The van der Waals surface area contributed by atoms with Crippen molar-refractivity contribution < 1.29 is 4.39 Å². The van der Waals surface area contributed by atoms with Crippen LogP contribution in [0.4, 0.5) is 4.39 Å². The van der Waals surface area contributed by atoms with Crippen molar-refractivity contribution >= 4 is 0 Å². The summed E-state index contributed by atoms with van der Waals surface area (Å²) in [6.07, 6.45) is 5.07. The van der Waals surface area contributed by atoms with E-state index in [-0.39, 0.29) is 5.82 Å². The van der Waals surface area contributed by atoms with E-state index in [1.54, 1.807) is 12.1 Å². The Kier molecular flexibility index (Phi) is 4.76. The van der Waals surface area contributed by atoms with Gasteiger partial charge >= 0.3 is 0 Å². The molecular formula is C16H24FN. The molecule has 1 saturated carbocycles. The number of likely N-dealkylation sites (N-methyl/N-ethyl adjacent to an activating group) is 1. The van der Waals surface area contributed by atoms with Crippen LogP contribution in [0, 0.1) is 17.7 Å². The predicted octanol–water partition coefficient (Wildman–Crippen LogP) is 3.78. The van der Waals surface area contributed by atoms with Crippen LogP contribution in [0.2, 0.25) is 0 Å². The van der Waals surface area contributed by atoms with E-state index in [2.05, 4.69) is 19.2 Å². The summed E-state index contributed by atoms with van der Waals surface area (Å²) in [6.45, 7) is 5.54. The molecule has 18 heavy (non-hydrogen) atoms. The molecule has 0 saturated heterocycles. The summed E-state index contributed by atoms with van der Waals surface area (Å²) in [5, 5.41) is 3.62. The van der Waals surface area contributed by atoms with Crippen molar-refractivity contribution in [2.45, 2.75) is 45.6 Å². The maximum Gasteiger partial charge on any atom is 0.123 e. The maximum absolute atomic E-state index is 12.9. The van der Waals surface area contributed by atoms with Crippen LogP contribution in [0.1, 0.15) is 38.7 Å². The summed E-state index contributed by atoms with van der Waals surface area (Å²) in [7, 11) is 0. The van der Waals surface area contributed by atoms with Gasteiger partial charge in [-0.05, 0) is 48.9 Å². The highest BCUT2D eigenvalue weighted by molar-refractivity contribution is 5.17. The van der Waals surface area contributed by atoms with Crippen LogP contribution in [0.25, 0.3) is 0 Å². The van der Waals surface area contributed by atoms with E-state index in [1.165, 1.54) is 24.8 Å². The zero-order chi connectivity index (χ0) is 13.0. The molecule has 0 amide bonds. The highest BCUT2D eigenvalue weighted by atomic mass is 19.1. The van der Waals surface area contributed by atoms with Crippen molar-refractivity contribution in [1.82, 2.24) is 5.32 Å². The van der Waals surface area contributed by atoms with Gasteiger partial charge in [-0.1, -0.05) is 38.8 Å². The molecule has 1 N–H and O–H groups in total. The fourth-order valence-corrected chi connectivity index (χ4v) is 3.28. The molecule has 0 aliphatic heterocycles. The lowest BCUT2D eigenvalue weighted by Crippen LogP contribution is -2.39. The molecule has 1 aliphatic rings. The zero-order valence-corrected chi connectivity index (χ0v) is 11.5. The zero-order valence-electron chi connectivity index (χ0n) is 11.5. The van der Waals surface area contributed by atoms with Crippen LogP contribution < -0.4 is 5.32 Å². The van der Waals surface area contributed by atoms with Crippen LogP contribution in [0.15, 0.2) is 24.3 Å². The number of rotatable bonds is 5. The minimum Gasteiger partial charge on any atom is -0.314 e. The Hall–Kier alpha value is -0.890. The van der Waals surface area contributed by atoms with E-state index in [0.717, 1.165) is 24.8 Å². The lowest BCUT2D eigenvalue weighted by molar-refractivity contribution is 0.298. The molecule has 1 aromatic carbocycles. The number of benzene rings is 1. The molecule has 3 unspecified atom stereocenters. The molecule has 100 valence electrons. The lowest BCUT2D eigenvalue weighted by Gasteiger charge is -2.28. The third kappa shape index (κ3) is 3.32. The van der Waals surface area contributed by atoms with Gasteiger partial charge in [-0.2, -0.15) is 0 Å². The lowest BCUT2D eigenvalue weighted by atomic mass is 9.86. The third-order valence-corrected chi connectivity index (χ3v) is 4.28. The van der Waals surface area contributed by atoms with Crippen molar-refractivity contribution in [3.63, 3.8) is 0 Å². The average Bonchev–Trinajstić information content (AvgIpc) is 2.78. The Morgan fingerprint density at radius 1 is 1.28 bits per heavy atom. The van der Waals surface area contributed by atoms with Gasteiger partial charge < -0.3 is 5.32 Å². The van der Waals surface area contributed by atoms with Crippen LogP contribution in [0.3, 0.4) is 0 Å². The number of halogens is 1. The van der Waals surface area contributed by atoms with Gasteiger partial charge in [-0.25, -0.2) is 4.39 Å². The SMILES string of the molecule is CCNC(Cc1ccc(F)cc1)C1CCCC1C. The van der Waals surface area contributed by atoms with E-state index >= 15 is 0 Å². The number of hydrogen-bond donors (Lipinski definition) is 1. The largest absolute Gasteiger partial charge is 0.314 e. The molecule has 1 aromatic rings. The Balaban J connectivity index is 2.03. The fourth-order valence-electron chi connectivity index (χ4n) is 3.28. The van der Waals surface area contributed by atoms with Crippen LogP contribution in [-0.4, -0.2) is 12.6 Å². The number of nitrogens with one attached hydrogen (secondary N) is 1. The first-order chi connectivity index (χ1) is 8.70. The van der Waals surface area contributed by atoms with Gasteiger partial charge in [0.2, 0.25) is 0 Å². The molecule has 0 bridgehead atoms. The molecule has 2 heteroatoms. The first kappa shape index (κ1) is 13.5. The van der Waals surface area contributed by atoms with Gasteiger partial charge in [-0.3, -0.25) is 0 Å². The Bertz CT molecular complexity index is 360. The molecule has 1 fully saturated rings. The second-order valence-corrected chi connectivity index (χ2v) is 5.57. The summed E-state index contributed by atoms with van der Waals surface area (Å²) < 4.78 is 12.9. The molecule has 0 aromatic heterocycles. The molecule has 2 rings (SSSR count). The van der Waals surface area contributed by atoms with Crippen molar-refractivity contribution in [2.24, 2.45) is 11.8 Å². The highest BCUT2D eigenvalue weighted by Crippen LogP contribution is 2.34. The Morgan fingerprint density at radius 3 is 2.56 bits per heavy atom. The standard InChI is InChI=1S/C16H24FN/c1-3-18-16(15-6-4-5-12(15)2)11-13-7-9-14(17)10-8-13/h7-10,12,15-16,18H,3-6,11H2,1-2H3. The summed E-state index contributed by atoms with van der Waals surface area (Å²) in [5.41, 5.74) is 1.24. The van der Waals surface area contributed by atoms with Crippen molar-refractivity contribution in [3.8, 4) is 0 Å². The first-order valence-electron chi connectivity index (χ1n) is 7.18. The number of hydrogen-bond acceptors (Lipinski definition) is 1.